The van der Waals surface area contributed by atoms with Crippen molar-refractivity contribution in [1.29, 1.82) is 0 Å². The van der Waals surface area contributed by atoms with Gasteiger partial charge >= 0.3 is 6.18 Å². The van der Waals surface area contributed by atoms with Crippen LogP contribution in [-0.2, 0) is 25.6 Å². The molecule has 0 saturated heterocycles. The Morgan fingerprint density at radius 2 is 1.71 bits per heavy atom. The molecule has 0 bridgehead atoms. The van der Waals surface area contributed by atoms with Gasteiger partial charge in [0.1, 0.15) is 12.1 Å². The first-order chi connectivity index (χ1) is 17.8. The molecule has 2 unspecified atom stereocenters. The summed E-state index contributed by atoms with van der Waals surface area (Å²) in [4.78, 5) is 52.6. The molecule has 4 N–H and O–H groups in total. The third kappa shape index (κ3) is 8.89. The minimum atomic E-state index is -5.17. The van der Waals surface area contributed by atoms with E-state index in [9.17, 15) is 32.3 Å². The molecule has 2 rings (SSSR count). The molecule has 0 aliphatic rings. The van der Waals surface area contributed by atoms with E-state index in [1.165, 1.54) is 6.20 Å². The molecule has 1 aromatic carbocycles. The summed E-state index contributed by atoms with van der Waals surface area (Å²) in [5, 5.41) is 7.70. The van der Waals surface area contributed by atoms with Crippen molar-refractivity contribution < 1.29 is 32.3 Å². The van der Waals surface area contributed by atoms with Crippen LogP contribution in [0.5, 0.6) is 0 Å². The van der Waals surface area contributed by atoms with Gasteiger partial charge in [-0.3, -0.25) is 19.2 Å². The van der Waals surface area contributed by atoms with Crippen LogP contribution in [-0.4, -0.2) is 53.3 Å². The molecular weight excluding hydrogens is 501 g/mol. The summed E-state index contributed by atoms with van der Waals surface area (Å²) in [6, 6.07) is 3.99. The fraction of sp³-hybridized carbons (Fsp3) is 0.407. The number of halogens is 3. The van der Waals surface area contributed by atoms with Crippen LogP contribution in [0.1, 0.15) is 39.7 Å². The third-order valence-electron chi connectivity index (χ3n) is 5.71. The highest BCUT2D eigenvalue weighted by Crippen LogP contribution is 2.23. The minimum absolute atomic E-state index is 0.159. The summed E-state index contributed by atoms with van der Waals surface area (Å²) < 4.78 is 39.8. The van der Waals surface area contributed by atoms with E-state index in [2.05, 4.69) is 20.9 Å². The largest absolute Gasteiger partial charge is 0.452 e. The molecule has 11 heteroatoms. The van der Waals surface area contributed by atoms with Crippen LogP contribution in [0, 0.1) is 5.92 Å². The molecule has 0 aliphatic heterocycles. The lowest BCUT2D eigenvalue weighted by Gasteiger charge is -2.21. The molecule has 0 radical (unpaired) electrons. The average molecular weight is 535 g/mol. The number of aromatic amines is 1. The van der Waals surface area contributed by atoms with Crippen molar-refractivity contribution in [2.24, 2.45) is 5.92 Å². The fourth-order valence-corrected chi connectivity index (χ4v) is 3.66. The number of hydrogen-bond acceptors (Lipinski definition) is 4. The van der Waals surface area contributed by atoms with Crippen LogP contribution in [0.25, 0.3) is 10.9 Å². The van der Waals surface area contributed by atoms with Gasteiger partial charge in [0.15, 0.2) is 0 Å². The summed E-state index contributed by atoms with van der Waals surface area (Å²) >= 11 is 0. The van der Waals surface area contributed by atoms with E-state index in [1.807, 2.05) is 6.92 Å². The van der Waals surface area contributed by atoms with Gasteiger partial charge in [0.2, 0.25) is 17.7 Å². The summed E-state index contributed by atoms with van der Waals surface area (Å²) in [6.45, 7) is 6.23. The first-order valence-electron chi connectivity index (χ1n) is 12.1. The number of aromatic nitrogens is 1. The Hall–Kier alpha value is -3.89. The summed E-state index contributed by atoms with van der Waals surface area (Å²) in [6.07, 6.45) is 1.41. The number of nitrogens with one attached hydrogen (secondary N) is 4. The smallest absolute Gasteiger partial charge is 0.361 e. The molecule has 38 heavy (non-hydrogen) atoms. The number of para-hydroxylation sites is 1. The predicted molar refractivity (Wildman–Crippen MR) is 138 cm³/mol. The van der Waals surface area contributed by atoms with Crippen LogP contribution in [0.3, 0.4) is 0 Å². The standard InChI is InChI=1S/C27H33F3N4O4/c1-5-6-9-17(4)12-22(34-25(37)16(2)3)26(38)32-15-23(35)33-21(24(36)27(28,29)30)13-18-14-31-20-11-8-7-10-19(18)20/h5-11,14,16,21-22,31H,12-13,15H2,1-4H3,(H,32,38)(H,33,35)(H,34,37)/b6-5-,17-9+. The topological polar surface area (TPSA) is 120 Å². The molecule has 0 saturated carbocycles. The van der Waals surface area contributed by atoms with Gasteiger partial charge in [-0.1, -0.05) is 55.8 Å². The molecule has 0 fully saturated rings. The van der Waals surface area contributed by atoms with Gasteiger partial charge in [0, 0.05) is 29.4 Å². The quantitative estimate of drug-likeness (QED) is 0.312. The van der Waals surface area contributed by atoms with Gasteiger partial charge in [0.25, 0.3) is 5.78 Å². The number of rotatable bonds is 12. The Kier molecular flexibility index (Phi) is 10.9. The Labute approximate surface area is 219 Å². The SMILES string of the molecule is C/C=C\C=C(/C)CC(NC(=O)C(C)C)C(=O)NCC(=O)NC(Cc1c[nH]c2ccccc12)C(=O)C(F)(F)F. The molecule has 1 aromatic heterocycles. The number of ketones is 1. The molecule has 2 atom stereocenters. The van der Waals surface area contributed by atoms with Gasteiger partial charge in [-0.15, -0.1) is 0 Å². The first-order valence-corrected chi connectivity index (χ1v) is 12.1. The number of carbonyl (C=O) groups excluding carboxylic acids is 4. The second-order valence-electron chi connectivity index (χ2n) is 9.22. The number of carbonyl (C=O) groups is 4. The van der Waals surface area contributed by atoms with Crippen molar-refractivity contribution in [3.8, 4) is 0 Å². The van der Waals surface area contributed by atoms with E-state index >= 15 is 0 Å². The Bertz CT molecular complexity index is 1210. The van der Waals surface area contributed by atoms with Crippen molar-refractivity contribution in [3.63, 3.8) is 0 Å². The van der Waals surface area contributed by atoms with Gasteiger partial charge < -0.3 is 20.9 Å². The van der Waals surface area contributed by atoms with Crippen LogP contribution in [0.4, 0.5) is 13.2 Å². The lowest BCUT2D eigenvalue weighted by molar-refractivity contribution is -0.173. The van der Waals surface area contributed by atoms with Gasteiger partial charge in [0.05, 0.1) is 6.54 Å². The van der Waals surface area contributed by atoms with Gasteiger partial charge in [-0.05, 0) is 31.9 Å². The van der Waals surface area contributed by atoms with Crippen LogP contribution in [0.15, 0.2) is 54.3 Å². The number of allylic oxidation sites excluding steroid dienone is 3. The van der Waals surface area contributed by atoms with E-state index in [4.69, 9.17) is 0 Å². The first kappa shape index (κ1) is 30.3. The normalized spacial score (nSPS) is 13.9. The second-order valence-corrected chi connectivity index (χ2v) is 9.22. The maximum absolute atomic E-state index is 13.3. The van der Waals surface area contributed by atoms with Gasteiger partial charge in [-0.2, -0.15) is 13.2 Å². The molecule has 0 aliphatic carbocycles. The zero-order valence-electron chi connectivity index (χ0n) is 21.7. The fourth-order valence-electron chi connectivity index (χ4n) is 3.66. The van der Waals surface area contributed by atoms with Crippen LogP contribution >= 0.6 is 0 Å². The van der Waals surface area contributed by atoms with Crippen molar-refractivity contribution in [2.75, 3.05) is 6.54 Å². The minimum Gasteiger partial charge on any atom is -0.361 e. The summed E-state index contributed by atoms with van der Waals surface area (Å²) in [7, 11) is 0. The molecule has 0 spiro atoms. The number of fused-ring (bicyclic) bond motifs is 1. The second kappa shape index (κ2) is 13.6. The zero-order chi connectivity index (χ0) is 28.5. The van der Waals surface area contributed by atoms with Crippen molar-refractivity contribution in [2.45, 2.75) is 58.8 Å². The van der Waals surface area contributed by atoms with Crippen molar-refractivity contribution >= 4 is 34.4 Å². The monoisotopic (exact) mass is 534 g/mol. The number of Topliss-reactive ketones (excluding diaryl/α,β-unsaturated/α-hetero) is 1. The van der Waals surface area contributed by atoms with E-state index < -0.39 is 54.7 Å². The van der Waals surface area contributed by atoms with E-state index in [0.717, 1.165) is 5.57 Å². The maximum atomic E-state index is 13.3. The summed E-state index contributed by atoms with van der Waals surface area (Å²) in [5.41, 5.74) is 1.88. The van der Waals surface area contributed by atoms with Gasteiger partial charge in [-0.25, -0.2) is 0 Å². The van der Waals surface area contributed by atoms with E-state index in [-0.39, 0.29) is 12.3 Å². The molecule has 8 nitrogen and oxygen atoms in total. The van der Waals surface area contributed by atoms with Crippen molar-refractivity contribution in [1.82, 2.24) is 20.9 Å². The highest BCUT2D eigenvalue weighted by Gasteiger charge is 2.44. The molecule has 3 amide bonds. The van der Waals surface area contributed by atoms with Crippen LogP contribution in [0.2, 0.25) is 0 Å². The highest BCUT2D eigenvalue weighted by molar-refractivity contribution is 5.95. The average Bonchev–Trinajstić information content (AvgIpc) is 3.26. The number of hydrogen-bond donors (Lipinski definition) is 4. The predicted octanol–water partition coefficient (Wildman–Crippen LogP) is 3.50. The Morgan fingerprint density at radius 3 is 2.34 bits per heavy atom. The van der Waals surface area contributed by atoms with Crippen LogP contribution < -0.4 is 16.0 Å². The number of H-pyrrole nitrogens is 1. The number of benzene rings is 1. The maximum Gasteiger partial charge on any atom is 0.452 e. The highest BCUT2D eigenvalue weighted by atomic mass is 19.4. The lowest BCUT2D eigenvalue weighted by Crippen LogP contribution is -2.53. The van der Waals surface area contributed by atoms with E-state index in [0.29, 0.717) is 16.5 Å². The lowest BCUT2D eigenvalue weighted by atomic mass is 10.0. The van der Waals surface area contributed by atoms with E-state index in [1.54, 1.807) is 63.3 Å². The zero-order valence-corrected chi connectivity index (χ0v) is 21.7. The summed E-state index contributed by atoms with van der Waals surface area (Å²) in [5.74, 6) is -4.53. The number of alkyl halides is 3. The molecule has 206 valence electrons. The third-order valence-corrected chi connectivity index (χ3v) is 5.71. The number of amides is 3. The molecule has 2 aromatic rings. The Balaban J connectivity index is 2.12. The molecular formula is C27H33F3N4O4. The molecule has 1 heterocycles. The van der Waals surface area contributed by atoms with Crippen molar-refractivity contribution in [3.05, 3.63) is 59.8 Å². The Morgan fingerprint density at radius 1 is 1.03 bits per heavy atom.